The first kappa shape index (κ1) is 64.6. The van der Waals surface area contributed by atoms with Crippen LogP contribution in [-0.2, 0) is 10.8 Å². The van der Waals surface area contributed by atoms with Crippen LogP contribution in [0, 0.1) is 0 Å². The Balaban J connectivity index is 0.000000130. The summed E-state index contributed by atoms with van der Waals surface area (Å²) in [6, 6.07) is 146. The Bertz CT molecular complexity index is 7890. The van der Waals surface area contributed by atoms with Crippen LogP contribution in [0.4, 0.5) is 0 Å². The molecule has 4 heteroatoms. The van der Waals surface area contributed by atoms with Gasteiger partial charge in [0.1, 0.15) is 23.0 Å². The molecule has 22 aromatic rings. The van der Waals surface area contributed by atoms with Crippen LogP contribution in [0.25, 0.3) is 175 Å². The van der Waals surface area contributed by atoms with Crippen LogP contribution < -0.4 is 9.47 Å². The summed E-state index contributed by atoms with van der Waals surface area (Å²) in [4.78, 5) is 10.8. The Morgan fingerprint density at radius 3 is 0.853 bits per heavy atom. The zero-order valence-electron chi connectivity index (χ0n) is 62.8. The van der Waals surface area contributed by atoms with Gasteiger partial charge in [0.2, 0.25) is 0 Å². The van der Waals surface area contributed by atoms with E-state index in [1.807, 2.05) is 0 Å². The van der Waals surface area contributed by atoms with Crippen molar-refractivity contribution in [3.8, 4) is 90.0 Å². The van der Waals surface area contributed by atoms with Gasteiger partial charge in [0.25, 0.3) is 0 Å². The van der Waals surface area contributed by atoms with Crippen LogP contribution in [0.3, 0.4) is 0 Å². The minimum absolute atomic E-state index is 0.533. The minimum Gasteiger partial charge on any atom is -0.457 e. The van der Waals surface area contributed by atoms with Crippen molar-refractivity contribution in [3.05, 3.63) is 445 Å². The standard InChI is InChI=1S/2C56H33NO/c1-2-18-39-37(16-1)38-17-3-4-19-40(38)45-31-35(28-29-41(39)45)34-14-13-15-36(30-34)55-47-33-54-51(32-46(47)44-22-7-11-26-52(44)57-55)56(50-25-10-12-27-53(50)58-54)48-23-8-5-20-42(48)43-21-6-9-24-49(43)56;1-2-15-39-37(13-1)38-14-3-4-16-40(38)45-31-36(29-30-41(39)45)34-25-27-35(28-26-34)55-47-33-54-51(32-46(47)44-19-7-11-23-52(44)57-55)56(50-22-10-12-24-53(50)58-54)48-20-8-5-17-42(48)43-18-6-9-21-49(43)56/h2*1-33H. The van der Waals surface area contributed by atoms with E-state index in [0.29, 0.717) is 0 Å². The number of hydrogen-bond donors (Lipinski definition) is 0. The highest BCUT2D eigenvalue weighted by Crippen LogP contribution is 2.65. The first-order valence-electron chi connectivity index (χ1n) is 40.1. The van der Waals surface area contributed by atoms with Crippen LogP contribution in [0.5, 0.6) is 23.0 Å². The molecule has 0 fully saturated rings. The van der Waals surface area contributed by atoms with Gasteiger partial charge in [-0.2, -0.15) is 0 Å². The zero-order valence-corrected chi connectivity index (χ0v) is 62.8. The van der Waals surface area contributed by atoms with Gasteiger partial charge < -0.3 is 9.47 Å². The van der Waals surface area contributed by atoms with Crippen molar-refractivity contribution in [1.82, 2.24) is 9.97 Å². The monoisotopic (exact) mass is 1470 g/mol. The Labute approximate surface area is 668 Å². The molecule has 0 N–H and O–H groups in total. The van der Waals surface area contributed by atoms with Crippen molar-refractivity contribution in [1.29, 1.82) is 0 Å². The maximum absolute atomic E-state index is 6.98. The molecule has 0 bridgehead atoms. The van der Waals surface area contributed by atoms with E-state index in [2.05, 4.69) is 400 Å². The van der Waals surface area contributed by atoms with Crippen LogP contribution in [0.1, 0.15) is 44.5 Å². The summed E-state index contributed by atoms with van der Waals surface area (Å²) in [5, 5.41) is 22.1. The lowest BCUT2D eigenvalue weighted by Crippen LogP contribution is -2.32. The normalized spacial score (nSPS) is 13.4. The van der Waals surface area contributed by atoms with Gasteiger partial charge in [0.05, 0.1) is 33.3 Å². The maximum atomic E-state index is 6.98. The quantitative estimate of drug-likeness (QED) is 0.165. The molecule has 116 heavy (non-hydrogen) atoms. The second kappa shape index (κ2) is 24.7. The lowest BCUT2D eigenvalue weighted by atomic mass is 9.65. The lowest BCUT2D eigenvalue weighted by molar-refractivity contribution is 0.437. The topological polar surface area (TPSA) is 44.2 Å². The minimum atomic E-state index is -0.540. The Hall–Kier alpha value is -15.1. The molecule has 0 atom stereocenters. The molecule has 0 saturated heterocycles. The van der Waals surface area contributed by atoms with Crippen LogP contribution in [-0.4, -0.2) is 9.97 Å². The summed E-state index contributed by atoms with van der Waals surface area (Å²) < 4.78 is 13.9. The average Bonchev–Trinajstić information content (AvgIpc) is 1.55. The number of benzene rings is 20. The number of ether oxygens (including phenoxy) is 2. The molecule has 2 spiro atoms. The molecule has 0 amide bonds. The van der Waals surface area contributed by atoms with Crippen molar-refractivity contribution in [2.24, 2.45) is 0 Å². The van der Waals surface area contributed by atoms with Crippen LogP contribution in [0.2, 0.25) is 0 Å². The first-order chi connectivity index (χ1) is 57.5. The van der Waals surface area contributed by atoms with Gasteiger partial charge in [0, 0.05) is 54.9 Å². The number of nitrogens with zero attached hydrogens (tertiary/aromatic N) is 2. The predicted molar refractivity (Wildman–Crippen MR) is 480 cm³/mol. The predicted octanol–water partition coefficient (Wildman–Crippen LogP) is 29.3. The molecular weight excluding hydrogens is 1410 g/mol. The molecule has 4 nitrogen and oxygen atoms in total. The third-order valence-corrected chi connectivity index (χ3v) is 25.8. The van der Waals surface area contributed by atoms with Crippen molar-refractivity contribution in [2.75, 3.05) is 0 Å². The summed E-state index contributed by atoms with van der Waals surface area (Å²) in [6.45, 7) is 0. The van der Waals surface area contributed by atoms with Crippen molar-refractivity contribution in [3.63, 3.8) is 0 Å². The van der Waals surface area contributed by atoms with Gasteiger partial charge >= 0.3 is 0 Å². The molecule has 0 radical (unpaired) electrons. The molecule has 0 saturated carbocycles. The van der Waals surface area contributed by atoms with Crippen LogP contribution >= 0.6 is 0 Å². The molecule has 26 rings (SSSR count). The fourth-order valence-electron chi connectivity index (χ4n) is 20.9. The second-order valence-corrected chi connectivity index (χ2v) is 31.5. The first-order valence-corrected chi connectivity index (χ1v) is 40.1. The highest BCUT2D eigenvalue weighted by Gasteiger charge is 2.53. The Morgan fingerprint density at radius 2 is 0.440 bits per heavy atom. The summed E-state index contributed by atoms with van der Waals surface area (Å²) in [5.74, 6) is 3.50. The number of aromatic nitrogens is 2. The third-order valence-electron chi connectivity index (χ3n) is 25.8. The molecule has 4 heterocycles. The smallest absolute Gasteiger partial charge is 0.132 e. The highest BCUT2D eigenvalue weighted by atomic mass is 16.5. The number of fused-ring (bicyclic) bond motifs is 36. The van der Waals surface area contributed by atoms with E-state index in [4.69, 9.17) is 19.4 Å². The molecule has 2 aliphatic heterocycles. The van der Waals surface area contributed by atoms with Gasteiger partial charge in [-0.05, 0) is 209 Å². The summed E-state index contributed by atoms with van der Waals surface area (Å²) in [7, 11) is 0. The molecule has 2 aliphatic carbocycles. The SMILES string of the molecule is c1cc(-c2ccc3c4ccccc4c4ccccc4c3c2)cc(-c2nc3ccccc3c3cc4c(cc23)Oc2ccccc2C42c3ccccc3-c3ccccc32)c1.c1ccc2c(c1)Oc1cc3c(-c4ccc(-c5ccc6c7ccccc7c7ccccc7c6c5)cc4)nc4ccccc4c3cc1C21c2ccccc2-c2ccccc21. The van der Waals surface area contributed by atoms with E-state index in [-0.39, 0.29) is 0 Å². The molecule has 536 valence electrons. The van der Waals surface area contributed by atoms with Crippen LogP contribution in [0.15, 0.2) is 400 Å². The van der Waals surface area contributed by atoms with E-state index in [1.165, 1.54) is 142 Å². The molecule has 0 unspecified atom stereocenters. The third kappa shape index (κ3) is 9.09. The highest BCUT2D eigenvalue weighted by molar-refractivity contribution is 6.27. The molecule has 4 aliphatic rings. The number of para-hydroxylation sites is 4. The lowest BCUT2D eigenvalue weighted by Gasteiger charge is -2.39. The van der Waals surface area contributed by atoms with E-state index >= 15 is 0 Å². The van der Waals surface area contributed by atoms with E-state index in [9.17, 15) is 0 Å². The zero-order chi connectivity index (χ0) is 75.9. The molecular formula is C112H66N2O2. The van der Waals surface area contributed by atoms with Gasteiger partial charge in [-0.25, -0.2) is 9.97 Å². The fourth-order valence-corrected chi connectivity index (χ4v) is 20.9. The number of hydrogen-bond acceptors (Lipinski definition) is 4. The van der Waals surface area contributed by atoms with Crippen molar-refractivity contribution in [2.45, 2.75) is 10.8 Å². The van der Waals surface area contributed by atoms with Crippen molar-refractivity contribution < 1.29 is 9.47 Å². The van der Waals surface area contributed by atoms with E-state index in [0.717, 1.165) is 100 Å². The summed E-state index contributed by atoms with van der Waals surface area (Å²) in [6.07, 6.45) is 0. The van der Waals surface area contributed by atoms with E-state index < -0.39 is 10.8 Å². The van der Waals surface area contributed by atoms with E-state index in [1.54, 1.807) is 0 Å². The van der Waals surface area contributed by atoms with Gasteiger partial charge in [-0.15, -0.1) is 0 Å². The van der Waals surface area contributed by atoms with Crippen molar-refractivity contribution >= 4 is 108 Å². The second-order valence-electron chi connectivity index (χ2n) is 31.5. The fraction of sp³-hybridized carbons (Fsp3) is 0.0179. The molecule has 20 aromatic carbocycles. The largest absolute Gasteiger partial charge is 0.457 e. The molecule has 2 aromatic heterocycles. The Kier molecular flexibility index (Phi) is 13.7. The summed E-state index contributed by atoms with van der Waals surface area (Å²) >= 11 is 0. The van der Waals surface area contributed by atoms with Gasteiger partial charge in [0.15, 0.2) is 0 Å². The number of pyridine rings is 2. The van der Waals surface area contributed by atoms with Gasteiger partial charge in [-0.1, -0.05) is 334 Å². The van der Waals surface area contributed by atoms with Gasteiger partial charge in [-0.3, -0.25) is 0 Å². The Morgan fingerprint density at radius 1 is 0.155 bits per heavy atom. The number of rotatable bonds is 4. The summed E-state index contributed by atoms with van der Waals surface area (Å²) in [5.41, 5.74) is 24.5. The maximum Gasteiger partial charge on any atom is 0.132 e. The average molecular weight is 1470 g/mol.